The predicted octanol–water partition coefficient (Wildman–Crippen LogP) is 2.43. The molecule has 0 fully saturated rings. The SMILES string of the molecule is CS(=O)(=O)c1ccc(F)c(NC(=O)CCCc2nc3ccccc3c(=O)[nH]2)c1. The van der Waals surface area contributed by atoms with Crippen molar-refractivity contribution in [3.8, 4) is 0 Å². The van der Waals surface area contributed by atoms with Gasteiger partial charge in [0.2, 0.25) is 5.91 Å². The monoisotopic (exact) mass is 403 g/mol. The van der Waals surface area contributed by atoms with E-state index < -0.39 is 21.6 Å². The number of amides is 1. The lowest BCUT2D eigenvalue weighted by atomic mass is 10.2. The molecule has 28 heavy (non-hydrogen) atoms. The zero-order valence-corrected chi connectivity index (χ0v) is 15.8. The highest BCUT2D eigenvalue weighted by Crippen LogP contribution is 2.20. The molecule has 146 valence electrons. The lowest BCUT2D eigenvalue weighted by Gasteiger charge is -2.08. The molecule has 0 saturated carbocycles. The Morgan fingerprint density at radius 3 is 2.71 bits per heavy atom. The third-order valence-corrected chi connectivity index (χ3v) is 5.23. The van der Waals surface area contributed by atoms with Crippen LogP contribution in [0, 0.1) is 5.82 Å². The molecule has 7 nitrogen and oxygen atoms in total. The molecule has 1 aromatic heterocycles. The minimum atomic E-state index is -3.51. The van der Waals surface area contributed by atoms with Gasteiger partial charge in [-0.1, -0.05) is 12.1 Å². The first-order valence-electron chi connectivity index (χ1n) is 8.51. The Morgan fingerprint density at radius 1 is 1.21 bits per heavy atom. The fourth-order valence-electron chi connectivity index (χ4n) is 2.71. The Hall–Kier alpha value is -3.07. The number of hydrogen-bond donors (Lipinski definition) is 2. The second-order valence-electron chi connectivity index (χ2n) is 6.35. The van der Waals surface area contributed by atoms with Gasteiger partial charge in [-0.2, -0.15) is 0 Å². The number of aromatic amines is 1. The third kappa shape index (κ3) is 4.61. The number of carbonyl (C=O) groups excluding carboxylic acids is 1. The number of hydrogen-bond acceptors (Lipinski definition) is 5. The number of H-pyrrole nitrogens is 1. The number of benzene rings is 2. The lowest BCUT2D eigenvalue weighted by Crippen LogP contribution is -2.15. The number of carbonyl (C=O) groups is 1. The molecule has 0 radical (unpaired) electrons. The maximum Gasteiger partial charge on any atom is 0.258 e. The molecule has 0 aliphatic rings. The van der Waals surface area contributed by atoms with Crippen molar-refractivity contribution >= 4 is 32.3 Å². The topological polar surface area (TPSA) is 109 Å². The highest BCUT2D eigenvalue weighted by atomic mass is 32.2. The van der Waals surface area contributed by atoms with Gasteiger partial charge in [-0.25, -0.2) is 17.8 Å². The van der Waals surface area contributed by atoms with Crippen molar-refractivity contribution < 1.29 is 17.6 Å². The minimum absolute atomic E-state index is 0.0546. The van der Waals surface area contributed by atoms with Crippen LogP contribution < -0.4 is 10.9 Å². The molecule has 0 saturated heterocycles. The van der Waals surface area contributed by atoms with Gasteiger partial charge in [-0.15, -0.1) is 0 Å². The van der Waals surface area contributed by atoms with Crippen molar-refractivity contribution in [2.75, 3.05) is 11.6 Å². The highest BCUT2D eigenvalue weighted by Gasteiger charge is 2.13. The van der Waals surface area contributed by atoms with E-state index in [4.69, 9.17) is 0 Å². The first-order chi connectivity index (χ1) is 13.2. The van der Waals surface area contributed by atoms with Crippen LogP contribution in [0.25, 0.3) is 10.9 Å². The van der Waals surface area contributed by atoms with E-state index in [0.717, 1.165) is 24.5 Å². The van der Waals surface area contributed by atoms with Gasteiger partial charge in [0, 0.05) is 19.1 Å². The van der Waals surface area contributed by atoms with Gasteiger partial charge in [-0.3, -0.25) is 9.59 Å². The lowest BCUT2D eigenvalue weighted by molar-refractivity contribution is -0.116. The van der Waals surface area contributed by atoms with E-state index in [0.29, 0.717) is 29.6 Å². The Bertz CT molecular complexity index is 1210. The van der Waals surface area contributed by atoms with Crippen LogP contribution in [-0.4, -0.2) is 30.5 Å². The Kier molecular flexibility index (Phi) is 5.55. The standard InChI is InChI=1S/C19H18FN3O4S/c1-28(26,27)12-9-10-14(20)16(11-12)22-18(24)8-4-7-17-21-15-6-3-2-5-13(15)19(25)23-17/h2-3,5-6,9-11H,4,7-8H2,1H3,(H,22,24)(H,21,23,25). The minimum Gasteiger partial charge on any atom is -0.324 e. The zero-order chi connectivity index (χ0) is 20.3. The summed E-state index contributed by atoms with van der Waals surface area (Å²) in [4.78, 5) is 31.1. The summed E-state index contributed by atoms with van der Waals surface area (Å²) >= 11 is 0. The van der Waals surface area contributed by atoms with Crippen LogP contribution in [0.2, 0.25) is 0 Å². The van der Waals surface area contributed by atoms with Gasteiger partial charge < -0.3 is 10.3 Å². The van der Waals surface area contributed by atoms with Gasteiger partial charge in [0.1, 0.15) is 11.6 Å². The molecule has 3 aromatic rings. The van der Waals surface area contributed by atoms with Crippen LogP contribution in [-0.2, 0) is 21.1 Å². The van der Waals surface area contributed by atoms with E-state index >= 15 is 0 Å². The van der Waals surface area contributed by atoms with Crippen LogP contribution in [0.1, 0.15) is 18.7 Å². The molecular weight excluding hydrogens is 385 g/mol. The number of aromatic nitrogens is 2. The number of sulfone groups is 1. The van der Waals surface area contributed by atoms with Gasteiger partial charge in [0.25, 0.3) is 5.56 Å². The molecule has 0 atom stereocenters. The molecular formula is C19H18FN3O4S. The number of nitrogens with one attached hydrogen (secondary N) is 2. The van der Waals surface area contributed by atoms with Crippen molar-refractivity contribution in [3.05, 3.63) is 64.5 Å². The second-order valence-corrected chi connectivity index (χ2v) is 8.36. The van der Waals surface area contributed by atoms with Crippen molar-refractivity contribution in [3.63, 3.8) is 0 Å². The summed E-state index contributed by atoms with van der Waals surface area (Å²) in [6.07, 6.45) is 1.79. The third-order valence-electron chi connectivity index (χ3n) is 4.12. The number of rotatable bonds is 6. The number of aryl methyl sites for hydroxylation is 1. The van der Waals surface area contributed by atoms with Gasteiger partial charge in [0.05, 0.1) is 21.5 Å². The van der Waals surface area contributed by atoms with Crippen LogP contribution in [0.3, 0.4) is 0 Å². The first kappa shape index (κ1) is 19.7. The Balaban J connectivity index is 1.63. The first-order valence-corrected chi connectivity index (χ1v) is 10.4. The summed E-state index contributed by atoms with van der Waals surface area (Å²) in [6, 6.07) is 10.2. The molecule has 1 amide bonds. The summed E-state index contributed by atoms with van der Waals surface area (Å²) < 4.78 is 37.0. The van der Waals surface area contributed by atoms with E-state index in [2.05, 4.69) is 15.3 Å². The van der Waals surface area contributed by atoms with Crippen molar-refractivity contribution in [2.45, 2.75) is 24.2 Å². The summed E-state index contributed by atoms with van der Waals surface area (Å²) in [7, 11) is -3.51. The van der Waals surface area contributed by atoms with E-state index in [1.54, 1.807) is 24.3 Å². The molecule has 1 heterocycles. The molecule has 0 unspecified atom stereocenters. The summed E-state index contributed by atoms with van der Waals surface area (Å²) in [5.74, 6) is -0.726. The number of nitrogens with zero attached hydrogens (tertiary/aromatic N) is 1. The summed E-state index contributed by atoms with van der Waals surface area (Å²) in [5.41, 5.74) is 0.139. The molecule has 0 aliphatic carbocycles. The average molecular weight is 403 g/mol. The van der Waals surface area contributed by atoms with E-state index in [1.165, 1.54) is 0 Å². The predicted molar refractivity (Wildman–Crippen MR) is 103 cm³/mol. The summed E-state index contributed by atoms with van der Waals surface area (Å²) in [6.45, 7) is 0. The van der Waals surface area contributed by atoms with Crippen LogP contribution in [0.4, 0.5) is 10.1 Å². The number of fused-ring (bicyclic) bond motifs is 1. The van der Waals surface area contributed by atoms with E-state index in [1.807, 2.05) is 0 Å². The average Bonchev–Trinajstić information content (AvgIpc) is 2.63. The highest BCUT2D eigenvalue weighted by molar-refractivity contribution is 7.90. The summed E-state index contributed by atoms with van der Waals surface area (Å²) in [5, 5.41) is 2.87. The molecule has 3 rings (SSSR count). The maximum absolute atomic E-state index is 13.8. The second kappa shape index (κ2) is 7.89. The van der Waals surface area contributed by atoms with Gasteiger partial charge >= 0.3 is 0 Å². The Labute approximate surface area is 160 Å². The number of halogens is 1. The van der Waals surface area contributed by atoms with Crippen LogP contribution in [0.15, 0.2) is 52.2 Å². The molecule has 0 bridgehead atoms. The van der Waals surface area contributed by atoms with Crippen molar-refractivity contribution in [1.82, 2.24) is 9.97 Å². The molecule has 2 N–H and O–H groups in total. The zero-order valence-electron chi connectivity index (χ0n) is 15.0. The number of para-hydroxylation sites is 1. The van der Waals surface area contributed by atoms with Crippen LogP contribution >= 0.6 is 0 Å². The normalized spacial score (nSPS) is 11.5. The smallest absolute Gasteiger partial charge is 0.258 e. The Morgan fingerprint density at radius 2 is 1.96 bits per heavy atom. The van der Waals surface area contributed by atoms with E-state index in [-0.39, 0.29) is 22.6 Å². The fraction of sp³-hybridized carbons (Fsp3) is 0.211. The molecule has 2 aromatic carbocycles. The largest absolute Gasteiger partial charge is 0.324 e. The van der Waals surface area contributed by atoms with Gasteiger partial charge in [-0.05, 0) is 36.8 Å². The van der Waals surface area contributed by atoms with Crippen LogP contribution in [0.5, 0.6) is 0 Å². The van der Waals surface area contributed by atoms with Gasteiger partial charge in [0.15, 0.2) is 9.84 Å². The molecule has 0 aliphatic heterocycles. The quantitative estimate of drug-likeness (QED) is 0.615. The maximum atomic E-state index is 13.8. The molecule has 0 spiro atoms. The van der Waals surface area contributed by atoms with Crippen molar-refractivity contribution in [2.24, 2.45) is 0 Å². The van der Waals surface area contributed by atoms with E-state index in [9.17, 15) is 22.4 Å². The van der Waals surface area contributed by atoms with Crippen molar-refractivity contribution in [1.29, 1.82) is 0 Å². The number of anilines is 1. The fourth-order valence-corrected chi connectivity index (χ4v) is 3.36. The molecule has 9 heteroatoms.